The third-order valence-electron chi connectivity index (χ3n) is 5.96. The number of amidine groups is 1. The summed E-state index contributed by atoms with van der Waals surface area (Å²) in [7, 11) is -3.08. The highest BCUT2D eigenvalue weighted by molar-refractivity contribution is 8.16. The second-order valence-electron chi connectivity index (χ2n) is 8.08. The molecule has 0 unspecified atom stereocenters. The maximum Gasteiger partial charge on any atom is 0.248 e. The first-order valence-electron chi connectivity index (χ1n) is 9.86. The molecule has 5 nitrogen and oxygen atoms in total. The van der Waals surface area contributed by atoms with Crippen molar-refractivity contribution in [3.63, 3.8) is 0 Å². The molecular formula is C20H25ClN2O3S2. The number of rotatable bonds is 4. The van der Waals surface area contributed by atoms with Crippen LogP contribution in [0.1, 0.15) is 44.1 Å². The van der Waals surface area contributed by atoms with Crippen LogP contribution in [0.25, 0.3) is 0 Å². The van der Waals surface area contributed by atoms with Crippen LogP contribution in [-0.4, -0.2) is 42.3 Å². The Morgan fingerprint density at radius 2 is 2.04 bits per heavy atom. The molecule has 0 N–H and O–H groups in total. The fourth-order valence-corrected chi connectivity index (χ4v) is 8.57. The number of nitrogens with zero attached hydrogens (tertiary/aromatic N) is 2. The van der Waals surface area contributed by atoms with Gasteiger partial charge in [-0.1, -0.05) is 55.1 Å². The van der Waals surface area contributed by atoms with E-state index in [-0.39, 0.29) is 28.7 Å². The van der Waals surface area contributed by atoms with Gasteiger partial charge in [-0.15, -0.1) is 0 Å². The maximum atomic E-state index is 12.6. The number of carbonyl (C=O) groups is 1. The first-order chi connectivity index (χ1) is 13.3. The van der Waals surface area contributed by atoms with Gasteiger partial charge in [-0.05, 0) is 37.0 Å². The summed E-state index contributed by atoms with van der Waals surface area (Å²) in [6.07, 6.45) is 6.33. The van der Waals surface area contributed by atoms with E-state index in [0.29, 0.717) is 22.5 Å². The van der Waals surface area contributed by atoms with E-state index in [1.807, 2.05) is 30.0 Å². The third-order valence-corrected chi connectivity index (χ3v) is 9.40. The molecule has 0 aromatic heterocycles. The van der Waals surface area contributed by atoms with Crippen LogP contribution < -0.4 is 4.90 Å². The molecule has 2 atom stereocenters. The fourth-order valence-electron chi connectivity index (χ4n) is 4.48. The molecule has 1 aliphatic carbocycles. The van der Waals surface area contributed by atoms with Crippen molar-refractivity contribution in [3.8, 4) is 0 Å². The zero-order chi connectivity index (χ0) is 19.9. The molecule has 3 fully saturated rings. The smallest absolute Gasteiger partial charge is 0.248 e. The zero-order valence-corrected chi connectivity index (χ0v) is 18.3. The lowest BCUT2D eigenvalue weighted by Crippen LogP contribution is -2.38. The van der Waals surface area contributed by atoms with E-state index in [0.717, 1.165) is 17.7 Å². The number of halogens is 1. The number of aryl methyl sites for hydroxylation is 1. The predicted molar refractivity (Wildman–Crippen MR) is 116 cm³/mol. The lowest BCUT2D eigenvalue weighted by atomic mass is 10.0. The Hall–Kier alpha value is -1.05. The Morgan fingerprint density at radius 3 is 2.79 bits per heavy atom. The van der Waals surface area contributed by atoms with E-state index in [9.17, 15) is 13.2 Å². The van der Waals surface area contributed by atoms with Crippen LogP contribution in [0, 0.1) is 12.8 Å². The standard InChI is InChI=1S/C20H25ClN2O3S2/c1-13-6-8-15(21)10-16(13)23-17-11-28(25,26)12-18(17)27-20(23)22-19(24)9-7-14-4-2-3-5-14/h6,8,10,14,17-18H,2-5,7,9,11-12H2,1H3/t17-,18-/m1/s1. The molecule has 1 saturated carbocycles. The number of anilines is 1. The van der Waals surface area contributed by atoms with Crippen LogP contribution in [0.2, 0.25) is 5.02 Å². The number of thioether (sulfide) groups is 1. The van der Waals surface area contributed by atoms with Crippen LogP contribution in [0.15, 0.2) is 23.2 Å². The Kier molecular flexibility index (Phi) is 5.78. The van der Waals surface area contributed by atoms with E-state index >= 15 is 0 Å². The van der Waals surface area contributed by atoms with E-state index in [4.69, 9.17) is 11.6 Å². The molecule has 1 aromatic carbocycles. The van der Waals surface area contributed by atoms with E-state index < -0.39 is 9.84 Å². The molecule has 2 heterocycles. The van der Waals surface area contributed by atoms with Gasteiger partial charge in [0.2, 0.25) is 5.91 Å². The van der Waals surface area contributed by atoms with Crippen molar-refractivity contribution in [2.45, 2.75) is 56.7 Å². The number of benzene rings is 1. The van der Waals surface area contributed by atoms with Crippen molar-refractivity contribution in [1.82, 2.24) is 0 Å². The zero-order valence-electron chi connectivity index (χ0n) is 15.9. The number of fused-ring (bicyclic) bond motifs is 1. The van der Waals surface area contributed by atoms with Crippen LogP contribution in [-0.2, 0) is 14.6 Å². The second kappa shape index (κ2) is 8.00. The lowest BCUT2D eigenvalue weighted by molar-refractivity contribution is -0.118. The van der Waals surface area contributed by atoms with Gasteiger partial charge < -0.3 is 4.90 Å². The molecule has 152 valence electrons. The first kappa shape index (κ1) is 20.2. The number of hydrogen-bond acceptors (Lipinski definition) is 4. The summed E-state index contributed by atoms with van der Waals surface area (Å²) < 4.78 is 24.4. The van der Waals surface area contributed by atoms with E-state index in [2.05, 4.69) is 4.99 Å². The average Bonchev–Trinajstić information content (AvgIpc) is 3.30. The highest BCUT2D eigenvalue weighted by Crippen LogP contribution is 2.42. The fraction of sp³-hybridized carbons (Fsp3) is 0.600. The molecule has 1 amide bonds. The molecule has 0 spiro atoms. The Labute approximate surface area is 175 Å². The first-order valence-corrected chi connectivity index (χ1v) is 12.9. The summed E-state index contributed by atoms with van der Waals surface area (Å²) in [5.74, 6) is 0.762. The highest BCUT2D eigenvalue weighted by Gasteiger charge is 2.49. The summed E-state index contributed by atoms with van der Waals surface area (Å²) in [5, 5.41) is 1.11. The van der Waals surface area contributed by atoms with Gasteiger partial charge in [-0.25, -0.2) is 8.42 Å². The lowest BCUT2D eigenvalue weighted by Gasteiger charge is -2.26. The summed E-state index contributed by atoms with van der Waals surface area (Å²) in [4.78, 5) is 18.9. The van der Waals surface area contributed by atoms with Gasteiger partial charge in [0.05, 0.1) is 17.5 Å². The molecule has 4 rings (SSSR count). The van der Waals surface area contributed by atoms with Crippen molar-refractivity contribution in [3.05, 3.63) is 28.8 Å². The van der Waals surface area contributed by atoms with E-state index in [1.54, 1.807) is 0 Å². The van der Waals surface area contributed by atoms with Crippen LogP contribution >= 0.6 is 23.4 Å². The Balaban J connectivity index is 1.60. The third kappa shape index (κ3) is 4.26. The summed E-state index contributed by atoms with van der Waals surface area (Å²) >= 11 is 7.63. The number of aliphatic imine (C=N–C) groups is 1. The Morgan fingerprint density at radius 1 is 1.29 bits per heavy atom. The maximum absolute atomic E-state index is 12.6. The number of hydrogen-bond donors (Lipinski definition) is 0. The minimum Gasteiger partial charge on any atom is -0.315 e. The van der Waals surface area contributed by atoms with Crippen LogP contribution in [0.5, 0.6) is 0 Å². The van der Waals surface area contributed by atoms with Gasteiger partial charge >= 0.3 is 0 Å². The van der Waals surface area contributed by atoms with Crippen molar-refractivity contribution in [2.24, 2.45) is 10.9 Å². The van der Waals surface area contributed by atoms with Crippen LogP contribution in [0.3, 0.4) is 0 Å². The van der Waals surface area contributed by atoms with Gasteiger partial charge in [0.15, 0.2) is 15.0 Å². The molecule has 0 radical (unpaired) electrons. The minimum atomic E-state index is -3.08. The largest absolute Gasteiger partial charge is 0.315 e. The van der Waals surface area contributed by atoms with E-state index in [1.165, 1.54) is 37.4 Å². The summed E-state index contributed by atoms with van der Waals surface area (Å²) in [6, 6.07) is 5.37. The molecular weight excluding hydrogens is 416 g/mol. The van der Waals surface area contributed by atoms with Crippen molar-refractivity contribution in [2.75, 3.05) is 16.4 Å². The normalized spacial score (nSPS) is 28.2. The van der Waals surface area contributed by atoms with Gasteiger partial charge in [0.25, 0.3) is 0 Å². The van der Waals surface area contributed by atoms with Gasteiger partial charge in [-0.2, -0.15) is 4.99 Å². The quantitative estimate of drug-likeness (QED) is 0.701. The topological polar surface area (TPSA) is 66.8 Å². The van der Waals surface area contributed by atoms with Crippen molar-refractivity contribution in [1.29, 1.82) is 0 Å². The predicted octanol–water partition coefficient (Wildman–Crippen LogP) is 4.22. The van der Waals surface area contributed by atoms with Gasteiger partial charge in [0, 0.05) is 22.4 Å². The number of carbonyl (C=O) groups excluding carboxylic acids is 1. The number of sulfone groups is 1. The monoisotopic (exact) mass is 440 g/mol. The molecule has 3 aliphatic rings. The van der Waals surface area contributed by atoms with Gasteiger partial charge in [-0.3, -0.25) is 4.79 Å². The minimum absolute atomic E-state index is 0.0892. The highest BCUT2D eigenvalue weighted by atomic mass is 35.5. The average molecular weight is 441 g/mol. The molecule has 2 saturated heterocycles. The number of amides is 1. The van der Waals surface area contributed by atoms with Crippen molar-refractivity contribution < 1.29 is 13.2 Å². The Bertz CT molecular complexity index is 910. The molecule has 2 aliphatic heterocycles. The SMILES string of the molecule is Cc1ccc(Cl)cc1N1C(=NC(=O)CCC2CCCC2)S[C@@H]2CS(=O)(=O)C[C@H]21. The van der Waals surface area contributed by atoms with Crippen molar-refractivity contribution >= 4 is 50.0 Å². The molecule has 0 bridgehead atoms. The summed E-state index contributed by atoms with van der Waals surface area (Å²) in [5.41, 5.74) is 1.83. The second-order valence-corrected chi connectivity index (χ2v) is 11.9. The summed E-state index contributed by atoms with van der Waals surface area (Å²) in [6.45, 7) is 1.96. The van der Waals surface area contributed by atoms with Gasteiger partial charge in [0.1, 0.15) is 0 Å². The van der Waals surface area contributed by atoms with Crippen LogP contribution in [0.4, 0.5) is 5.69 Å². The molecule has 1 aromatic rings. The molecule has 8 heteroatoms. The molecule has 28 heavy (non-hydrogen) atoms.